The summed E-state index contributed by atoms with van der Waals surface area (Å²) in [6.45, 7) is 4.48. The molecule has 1 N–H and O–H groups in total. The molecular weight excluding hydrogens is 432 g/mol. The number of ether oxygens (including phenoxy) is 1. The topological polar surface area (TPSA) is 69.0 Å². The zero-order chi connectivity index (χ0) is 22.8. The van der Waals surface area contributed by atoms with Crippen LogP contribution in [0.1, 0.15) is 23.0 Å². The third kappa shape index (κ3) is 4.36. The molecule has 0 radical (unpaired) electrons. The van der Waals surface area contributed by atoms with Crippen molar-refractivity contribution in [1.29, 1.82) is 0 Å². The van der Waals surface area contributed by atoms with Crippen LogP contribution >= 0.6 is 11.3 Å². The van der Waals surface area contributed by atoms with Crippen molar-refractivity contribution >= 4 is 33.8 Å². The van der Waals surface area contributed by atoms with Crippen LogP contribution in [0.15, 0.2) is 78.2 Å². The number of carbonyl (C=O) groups is 1. The number of aryl methyl sites for hydroxylation is 1. The molecular formula is C26H22N4O2S. The maximum atomic E-state index is 13.0. The highest BCUT2D eigenvalue weighted by Gasteiger charge is 2.16. The summed E-state index contributed by atoms with van der Waals surface area (Å²) in [4.78, 5) is 17.7. The third-order valence-electron chi connectivity index (χ3n) is 5.22. The Hall–Kier alpha value is -3.97. The number of amides is 1. The Labute approximate surface area is 195 Å². The fraction of sp³-hybridized carbons (Fsp3) is 0.115. The first-order valence-corrected chi connectivity index (χ1v) is 11.5. The number of nitrogens with one attached hydrogen (secondary N) is 1. The van der Waals surface area contributed by atoms with E-state index in [9.17, 15) is 4.79 Å². The van der Waals surface area contributed by atoms with Crippen molar-refractivity contribution in [2.45, 2.75) is 13.8 Å². The van der Waals surface area contributed by atoms with Crippen LogP contribution in [0.2, 0.25) is 0 Å². The van der Waals surface area contributed by atoms with Crippen LogP contribution in [0.3, 0.4) is 0 Å². The molecule has 164 valence electrons. The lowest BCUT2D eigenvalue weighted by Gasteiger charge is -2.07. The fourth-order valence-electron chi connectivity index (χ4n) is 3.64. The number of fused-ring (bicyclic) bond motifs is 1. The third-order valence-corrected chi connectivity index (χ3v) is 6.04. The molecule has 0 aliphatic carbocycles. The maximum absolute atomic E-state index is 13.0. The van der Waals surface area contributed by atoms with Crippen LogP contribution in [0.5, 0.6) is 5.75 Å². The molecule has 0 fully saturated rings. The second kappa shape index (κ2) is 8.88. The molecule has 0 atom stereocenters. The van der Waals surface area contributed by atoms with Gasteiger partial charge in [-0.1, -0.05) is 30.3 Å². The van der Waals surface area contributed by atoms with Gasteiger partial charge in [0, 0.05) is 22.6 Å². The van der Waals surface area contributed by atoms with E-state index >= 15 is 0 Å². The summed E-state index contributed by atoms with van der Waals surface area (Å²) in [5.74, 6) is 1.22. The highest BCUT2D eigenvalue weighted by Crippen LogP contribution is 2.28. The number of thiazole rings is 1. The zero-order valence-electron chi connectivity index (χ0n) is 18.3. The number of aromatic nitrogens is 3. The molecule has 0 unspecified atom stereocenters. The minimum Gasteiger partial charge on any atom is -0.494 e. The molecule has 0 bridgehead atoms. The summed E-state index contributed by atoms with van der Waals surface area (Å²) in [6, 6.07) is 23.3. The Morgan fingerprint density at radius 1 is 1.03 bits per heavy atom. The van der Waals surface area contributed by atoms with Gasteiger partial charge in [-0.25, -0.2) is 4.98 Å². The van der Waals surface area contributed by atoms with Gasteiger partial charge in [0.2, 0.25) is 5.13 Å². The van der Waals surface area contributed by atoms with Gasteiger partial charge < -0.3 is 10.1 Å². The minimum atomic E-state index is -0.190. The van der Waals surface area contributed by atoms with Gasteiger partial charge in [-0.05, 0) is 61.0 Å². The predicted octanol–water partition coefficient (Wildman–Crippen LogP) is 6.11. The van der Waals surface area contributed by atoms with Crippen molar-refractivity contribution in [3.8, 4) is 22.1 Å². The number of benzene rings is 3. The Morgan fingerprint density at radius 3 is 2.61 bits per heavy atom. The lowest BCUT2D eigenvalue weighted by atomic mass is 10.1. The van der Waals surface area contributed by atoms with Gasteiger partial charge in [-0.2, -0.15) is 9.78 Å². The van der Waals surface area contributed by atoms with Gasteiger partial charge in [-0.3, -0.25) is 4.79 Å². The van der Waals surface area contributed by atoms with Crippen LogP contribution in [0.25, 0.3) is 27.2 Å². The standard InChI is InChI=1S/C26H22N4O2S/c1-3-32-22-12-10-19(11-13-22)23-16-33-26(27-23)30-24(14-17(2)29-30)28-25(31)21-9-8-18-6-4-5-7-20(18)15-21/h4-16H,3H2,1-2H3,(H,28,31). The second-order valence-corrected chi connectivity index (χ2v) is 8.41. The van der Waals surface area contributed by atoms with Gasteiger partial charge in [0.05, 0.1) is 18.0 Å². The Kier molecular flexibility index (Phi) is 5.62. The van der Waals surface area contributed by atoms with Gasteiger partial charge >= 0.3 is 0 Å². The van der Waals surface area contributed by atoms with Crippen molar-refractivity contribution in [2.24, 2.45) is 0 Å². The summed E-state index contributed by atoms with van der Waals surface area (Å²) in [7, 11) is 0. The molecule has 0 aliphatic rings. The minimum absolute atomic E-state index is 0.190. The summed E-state index contributed by atoms with van der Waals surface area (Å²) in [5, 5.41) is 12.3. The average molecular weight is 455 g/mol. The molecule has 5 rings (SSSR count). The van der Waals surface area contributed by atoms with Crippen LogP contribution < -0.4 is 10.1 Å². The van der Waals surface area contributed by atoms with Gasteiger partial charge in [0.1, 0.15) is 11.6 Å². The van der Waals surface area contributed by atoms with E-state index < -0.39 is 0 Å². The molecule has 0 spiro atoms. The Bertz CT molecular complexity index is 1440. The largest absolute Gasteiger partial charge is 0.494 e. The number of carbonyl (C=O) groups excluding carboxylic acids is 1. The van der Waals surface area contributed by atoms with Crippen LogP contribution in [0.4, 0.5) is 5.82 Å². The Morgan fingerprint density at radius 2 is 1.82 bits per heavy atom. The molecule has 0 aliphatic heterocycles. The second-order valence-electron chi connectivity index (χ2n) is 7.57. The smallest absolute Gasteiger partial charge is 0.256 e. The lowest BCUT2D eigenvalue weighted by Crippen LogP contribution is -2.15. The molecule has 0 saturated heterocycles. The number of nitrogens with zero attached hydrogens (tertiary/aromatic N) is 3. The van der Waals surface area contributed by atoms with Crippen LogP contribution in [-0.2, 0) is 0 Å². The summed E-state index contributed by atoms with van der Waals surface area (Å²) in [6.07, 6.45) is 0. The van der Waals surface area contributed by atoms with Crippen molar-refractivity contribution in [1.82, 2.24) is 14.8 Å². The first-order chi connectivity index (χ1) is 16.1. The number of hydrogen-bond donors (Lipinski definition) is 1. The molecule has 0 saturated carbocycles. The number of hydrogen-bond acceptors (Lipinski definition) is 5. The summed E-state index contributed by atoms with van der Waals surface area (Å²) in [5.41, 5.74) is 3.22. The summed E-state index contributed by atoms with van der Waals surface area (Å²) < 4.78 is 7.19. The quantitative estimate of drug-likeness (QED) is 0.336. The van der Waals surface area contributed by atoms with Crippen molar-refractivity contribution in [3.05, 3.63) is 89.4 Å². The molecule has 1 amide bonds. The van der Waals surface area contributed by atoms with Gasteiger partial charge in [-0.15, -0.1) is 11.3 Å². The maximum Gasteiger partial charge on any atom is 0.256 e. The highest BCUT2D eigenvalue weighted by molar-refractivity contribution is 7.12. The van der Waals surface area contributed by atoms with Crippen LogP contribution in [0, 0.1) is 6.92 Å². The van der Waals surface area contributed by atoms with E-state index in [1.807, 2.05) is 92.0 Å². The highest BCUT2D eigenvalue weighted by atomic mass is 32.1. The van der Waals surface area contributed by atoms with E-state index in [4.69, 9.17) is 9.72 Å². The predicted molar refractivity (Wildman–Crippen MR) is 132 cm³/mol. The van der Waals surface area contributed by atoms with Crippen molar-refractivity contribution < 1.29 is 9.53 Å². The molecule has 2 heterocycles. The molecule has 2 aromatic heterocycles. The molecule has 3 aromatic carbocycles. The van der Waals surface area contributed by atoms with Gasteiger partial charge in [0.25, 0.3) is 5.91 Å². The van der Waals surface area contributed by atoms with E-state index in [2.05, 4.69) is 10.4 Å². The molecule has 33 heavy (non-hydrogen) atoms. The van der Waals surface area contributed by atoms with Crippen LogP contribution in [-0.4, -0.2) is 27.3 Å². The number of anilines is 1. The molecule has 7 heteroatoms. The molecule has 6 nitrogen and oxygen atoms in total. The lowest BCUT2D eigenvalue weighted by molar-refractivity contribution is 0.102. The van der Waals surface area contributed by atoms with E-state index in [-0.39, 0.29) is 5.91 Å². The fourth-order valence-corrected chi connectivity index (χ4v) is 4.43. The SMILES string of the molecule is CCOc1ccc(-c2csc(-n3nc(C)cc3NC(=O)c3ccc4ccccc4c3)n2)cc1. The van der Waals surface area contributed by atoms with E-state index in [0.29, 0.717) is 23.1 Å². The van der Waals surface area contributed by atoms with E-state index in [0.717, 1.165) is 33.5 Å². The van der Waals surface area contributed by atoms with E-state index in [1.54, 1.807) is 4.68 Å². The zero-order valence-corrected chi connectivity index (χ0v) is 19.1. The average Bonchev–Trinajstić information content (AvgIpc) is 3.46. The summed E-state index contributed by atoms with van der Waals surface area (Å²) >= 11 is 1.47. The molecule has 5 aromatic rings. The van der Waals surface area contributed by atoms with Crippen molar-refractivity contribution in [2.75, 3.05) is 11.9 Å². The van der Waals surface area contributed by atoms with E-state index in [1.165, 1.54) is 11.3 Å². The monoisotopic (exact) mass is 454 g/mol. The number of rotatable bonds is 6. The normalized spacial score (nSPS) is 11.0. The van der Waals surface area contributed by atoms with Crippen molar-refractivity contribution in [3.63, 3.8) is 0 Å². The first-order valence-electron chi connectivity index (χ1n) is 10.7. The first kappa shape index (κ1) is 20.9. The van der Waals surface area contributed by atoms with Gasteiger partial charge in [0.15, 0.2) is 0 Å². The Balaban J connectivity index is 1.40.